The molecule has 0 saturated carbocycles. The Balaban J connectivity index is 2.16. The molecule has 6 heteroatoms. The molecule has 0 radical (unpaired) electrons. The van der Waals surface area contributed by atoms with Crippen LogP contribution in [0.15, 0.2) is 12.1 Å². The first-order valence-corrected chi connectivity index (χ1v) is 7.11. The van der Waals surface area contributed by atoms with Gasteiger partial charge in [-0.1, -0.05) is 13.8 Å². The van der Waals surface area contributed by atoms with Gasteiger partial charge in [0.15, 0.2) is 0 Å². The molecule has 0 saturated heterocycles. The van der Waals surface area contributed by atoms with Gasteiger partial charge in [0.25, 0.3) is 0 Å². The van der Waals surface area contributed by atoms with E-state index in [2.05, 4.69) is 24.1 Å². The van der Waals surface area contributed by atoms with Crippen LogP contribution in [0.25, 0.3) is 0 Å². The number of nitrogens with zero attached hydrogens (tertiary/aromatic N) is 3. The van der Waals surface area contributed by atoms with Crippen LogP contribution in [0, 0.1) is 0 Å². The van der Waals surface area contributed by atoms with Crippen molar-refractivity contribution < 1.29 is 9.53 Å². The predicted octanol–water partition coefficient (Wildman–Crippen LogP) is 1.46. The van der Waals surface area contributed by atoms with Gasteiger partial charge < -0.3 is 15.0 Å². The van der Waals surface area contributed by atoms with Crippen LogP contribution < -0.4 is 15.0 Å². The van der Waals surface area contributed by atoms with Crippen molar-refractivity contribution in [1.82, 2.24) is 15.2 Å². The highest BCUT2D eigenvalue weighted by Crippen LogP contribution is 2.39. The molecular formula is C15H24N4O2. The lowest BCUT2D eigenvalue weighted by molar-refractivity contribution is 0.244. The molecule has 0 fully saturated rings. The average molecular weight is 292 g/mol. The topological polar surface area (TPSA) is 57.7 Å². The Morgan fingerprint density at radius 1 is 1.48 bits per heavy atom. The van der Waals surface area contributed by atoms with Gasteiger partial charge in [-0.15, -0.1) is 0 Å². The molecule has 0 spiro atoms. The number of aromatic nitrogens is 1. The van der Waals surface area contributed by atoms with Gasteiger partial charge in [0, 0.05) is 31.1 Å². The summed E-state index contributed by atoms with van der Waals surface area (Å²) in [6, 6.07) is 3.62. The number of hydrogen-bond acceptors (Lipinski definition) is 4. The lowest BCUT2D eigenvalue weighted by Crippen LogP contribution is -2.43. The summed E-state index contributed by atoms with van der Waals surface area (Å²) >= 11 is 0. The zero-order valence-electron chi connectivity index (χ0n) is 13.4. The molecule has 0 atom stereocenters. The van der Waals surface area contributed by atoms with E-state index < -0.39 is 0 Å². The Bertz CT molecular complexity index is 528. The molecule has 1 aromatic rings. The summed E-state index contributed by atoms with van der Waals surface area (Å²) in [6.45, 7) is 6.24. The number of carbonyl (C=O) groups excluding carboxylic acids is 1. The Kier molecular flexibility index (Phi) is 4.37. The Morgan fingerprint density at radius 2 is 2.19 bits per heavy atom. The SMILES string of the molecule is COc1ccc2c(n1)C(C)(C)CN2C(=O)NCCN(C)C. The summed E-state index contributed by atoms with van der Waals surface area (Å²) in [4.78, 5) is 20.7. The highest BCUT2D eigenvalue weighted by Gasteiger charge is 2.39. The van der Waals surface area contributed by atoms with Crippen LogP contribution >= 0.6 is 0 Å². The number of nitrogens with one attached hydrogen (secondary N) is 1. The second-order valence-electron chi connectivity index (χ2n) is 6.23. The largest absolute Gasteiger partial charge is 0.481 e. The monoisotopic (exact) mass is 292 g/mol. The molecule has 2 amide bonds. The number of urea groups is 1. The van der Waals surface area contributed by atoms with E-state index in [1.54, 1.807) is 18.1 Å². The first-order chi connectivity index (χ1) is 9.85. The van der Waals surface area contributed by atoms with Gasteiger partial charge in [0.1, 0.15) is 0 Å². The van der Waals surface area contributed by atoms with Gasteiger partial charge >= 0.3 is 6.03 Å². The predicted molar refractivity (Wildman–Crippen MR) is 83.1 cm³/mol. The van der Waals surface area contributed by atoms with E-state index in [1.807, 2.05) is 25.1 Å². The van der Waals surface area contributed by atoms with Crippen molar-refractivity contribution in [1.29, 1.82) is 0 Å². The van der Waals surface area contributed by atoms with Crippen LogP contribution in [0.5, 0.6) is 5.88 Å². The fourth-order valence-corrected chi connectivity index (χ4v) is 2.48. The second-order valence-corrected chi connectivity index (χ2v) is 6.23. The first kappa shape index (κ1) is 15.6. The van der Waals surface area contributed by atoms with Gasteiger partial charge in [-0.3, -0.25) is 4.90 Å². The molecule has 0 aromatic carbocycles. The van der Waals surface area contributed by atoms with Gasteiger partial charge in [-0.25, -0.2) is 9.78 Å². The summed E-state index contributed by atoms with van der Waals surface area (Å²) in [6.07, 6.45) is 0. The lowest BCUT2D eigenvalue weighted by atomic mass is 9.91. The fourth-order valence-electron chi connectivity index (χ4n) is 2.48. The molecule has 21 heavy (non-hydrogen) atoms. The number of rotatable bonds is 4. The number of pyridine rings is 1. The number of likely N-dealkylation sites (N-methyl/N-ethyl adjacent to an activating group) is 1. The smallest absolute Gasteiger partial charge is 0.322 e. The standard InChI is InChI=1S/C15H24N4O2/c1-15(2)10-19(14(20)16-8-9-18(3)4)11-6-7-12(21-5)17-13(11)15/h6-7H,8-10H2,1-5H3,(H,16,20). The van der Waals surface area contributed by atoms with E-state index in [1.165, 1.54) is 0 Å². The minimum atomic E-state index is -0.178. The van der Waals surface area contributed by atoms with Gasteiger partial charge in [0.2, 0.25) is 5.88 Å². The van der Waals surface area contributed by atoms with Crippen LogP contribution in [0.1, 0.15) is 19.5 Å². The van der Waals surface area contributed by atoms with Crippen LogP contribution in [-0.2, 0) is 5.41 Å². The van der Waals surface area contributed by atoms with Crippen LogP contribution in [0.3, 0.4) is 0 Å². The van der Waals surface area contributed by atoms with Crippen molar-refractivity contribution in [2.75, 3.05) is 45.7 Å². The fraction of sp³-hybridized carbons (Fsp3) is 0.600. The quantitative estimate of drug-likeness (QED) is 0.913. The number of hydrogen-bond donors (Lipinski definition) is 1. The highest BCUT2D eigenvalue weighted by atomic mass is 16.5. The molecule has 1 N–H and O–H groups in total. The summed E-state index contributed by atoms with van der Waals surface area (Å²) < 4.78 is 5.18. The highest BCUT2D eigenvalue weighted by molar-refractivity contribution is 5.94. The number of carbonyl (C=O) groups is 1. The Hall–Kier alpha value is -1.82. The molecular weight excluding hydrogens is 268 g/mol. The molecule has 6 nitrogen and oxygen atoms in total. The normalized spacial score (nSPS) is 16.0. The van der Waals surface area contributed by atoms with E-state index in [0.29, 0.717) is 19.0 Å². The van der Waals surface area contributed by atoms with Crippen LogP contribution in [-0.4, -0.2) is 56.8 Å². The van der Waals surface area contributed by atoms with Crippen molar-refractivity contribution in [3.63, 3.8) is 0 Å². The minimum Gasteiger partial charge on any atom is -0.481 e. The number of methoxy groups -OCH3 is 1. The number of fused-ring (bicyclic) bond motifs is 1. The summed E-state index contributed by atoms with van der Waals surface area (Å²) in [5, 5.41) is 2.95. The third-order valence-corrected chi connectivity index (χ3v) is 3.62. The zero-order valence-corrected chi connectivity index (χ0v) is 13.4. The second kappa shape index (κ2) is 5.89. The van der Waals surface area contributed by atoms with E-state index in [4.69, 9.17) is 4.74 Å². The molecule has 2 heterocycles. The van der Waals surface area contributed by atoms with Gasteiger partial charge in [0.05, 0.1) is 18.5 Å². The zero-order chi connectivity index (χ0) is 15.6. The van der Waals surface area contributed by atoms with Crippen LogP contribution in [0.4, 0.5) is 10.5 Å². The lowest BCUT2D eigenvalue weighted by Gasteiger charge is -2.21. The molecule has 1 aliphatic rings. The number of anilines is 1. The molecule has 0 unspecified atom stereocenters. The number of amides is 2. The molecule has 0 aliphatic carbocycles. The molecule has 1 aliphatic heterocycles. The maximum absolute atomic E-state index is 12.4. The Labute approximate surface area is 126 Å². The summed E-state index contributed by atoms with van der Waals surface area (Å²) in [5.74, 6) is 0.580. The molecule has 0 bridgehead atoms. The van der Waals surface area contributed by atoms with Gasteiger partial charge in [-0.2, -0.15) is 0 Å². The molecule has 2 rings (SSSR count). The van der Waals surface area contributed by atoms with Crippen molar-refractivity contribution in [2.45, 2.75) is 19.3 Å². The van der Waals surface area contributed by atoms with Crippen molar-refractivity contribution in [2.24, 2.45) is 0 Å². The van der Waals surface area contributed by atoms with Gasteiger partial charge in [-0.05, 0) is 20.2 Å². The van der Waals surface area contributed by atoms with E-state index in [9.17, 15) is 4.79 Å². The van der Waals surface area contributed by atoms with Crippen LogP contribution in [0.2, 0.25) is 0 Å². The summed E-state index contributed by atoms with van der Waals surface area (Å²) in [7, 11) is 5.57. The van der Waals surface area contributed by atoms with Crippen molar-refractivity contribution >= 4 is 11.7 Å². The van der Waals surface area contributed by atoms with E-state index >= 15 is 0 Å². The minimum absolute atomic E-state index is 0.0735. The van der Waals surface area contributed by atoms with Crippen molar-refractivity contribution in [3.05, 3.63) is 17.8 Å². The average Bonchev–Trinajstić information content (AvgIpc) is 2.70. The van der Waals surface area contributed by atoms with Crippen molar-refractivity contribution in [3.8, 4) is 5.88 Å². The van der Waals surface area contributed by atoms with E-state index in [0.717, 1.165) is 17.9 Å². The third-order valence-electron chi connectivity index (χ3n) is 3.62. The maximum atomic E-state index is 12.4. The Morgan fingerprint density at radius 3 is 2.81 bits per heavy atom. The molecule has 1 aromatic heterocycles. The first-order valence-electron chi connectivity index (χ1n) is 7.11. The maximum Gasteiger partial charge on any atom is 0.322 e. The third kappa shape index (κ3) is 3.26. The van der Waals surface area contributed by atoms with E-state index in [-0.39, 0.29) is 11.4 Å². The summed E-state index contributed by atoms with van der Waals surface area (Å²) in [5.41, 5.74) is 1.59. The number of ether oxygens (including phenoxy) is 1. The molecule has 116 valence electrons.